The van der Waals surface area contributed by atoms with Crippen LogP contribution in [0.3, 0.4) is 0 Å². The molecule has 0 unspecified atom stereocenters. The molecule has 0 fully saturated rings. The van der Waals surface area contributed by atoms with Crippen molar-refractivity contribution in [2.75, 3.05) is 12.3 Å². The van der Waals surface area contributed by atoms with Gasteiger partial charge in [-0.1, -0.05) is 12.1 Å². The Kier molecular flexibility index (Phi) is 5.83. The Bertz CT molecular complexity index is 398. The fourth-order valence-electron chi connectivity index (χ4n) is 1.83. The zero-order valence-corrected chi connectivity index (χ0v) is 12.3. The molecule has 0 radical (unpaired) electrons. The predicted molar refractivity (Wildman–Crippen MR) is 79.7 cm³/mol. The van der Waals surface area contributed by atoms with E-state index < -0.39 is 0 Å². The van der Waals surface area contributed by atoms with Gasteiger partial charge in [-0.15, -0.1) is 0 Å². The molecule has 0 aliphatic rings. The lowest BCUT2D eigenvalue weighted by Crippen LogP contribution is -2.42. The molecule has 0 atom stereocenters. The van der Waals surface area contributed by atoms with Crippen LogP contribution in [0.5, 0.6) is 0 Å². The number of carbonyl (C=O) groups excluding carboxylic acids is 1. The van der Waals surface area contributed by atoms with Gasteiger partial charge in [0, 0.05) is 24.3 Å². The maximum Gasteiger partial charge on any atom is 0.234 e. The summed E-state index contributed by atoms with van der Waals surface area (Å²) >= 11 is 0. The van der Waals surface area contributed by atoms with E-state index >= 15 is 0 Å². The molecule has 4 nitrogen and oxygen atoms in total. The number of nitrogens with one attached hydrogen (secondary N) is 1. The van der Waals surface area contributed by atoms with Gasteiger partial charge in [0.15, 0.2) is 0 Å². The second-order valence-electron chi connectivity index (χ2n) is 5.46. The normalized spacial score (nSPS) is 11.3. The molecule has 0 aliphatic carbocycles. The molecule has 0 aromatic heterocycles. The van der Waals surface area contributed by atoms with E-state index in [1.807, 2.05) is 38.1 Å². The monoisotopic (exact) mass is 263 g/mol. The summed E-state index contributed by atoms with van der Waals surface area (Å²) in [6.07, 6.45) is 0. The van der Waals surface area contributed by atoms with Gasteiger partial charge in [-0.2, -0.15) is 0 Å². The van der Waals surface area contributed by atoms with E-state index in [0.717, 1.165) is 12.2 Å². The Balaban J connectivity index is 2.62. The molecule has 0 aliphatic heterocycles. The summed E-state index contributed by atoms with van der Waals surface area (Å²) in [5.41, 5.74) is 7.60. The third kappa shape index (κ3) is 5.75. The minimum atomic E-state index is 0.0687. The van der Waals surface area contributed by atoms with Gasteiger partial charge in [0.05, 0.1) is 6.54 Å². The summed E-state index contributed by atoms with van der Waals surface area (Å²) in [7, 11) is 0. The van der Waals surface area contributed by atoms with Crippen LogP contribution in [0.25, 0.3) is 0 Å². The first kappa shape index (κ1) is 15.5. The van der Waals surface area contributed by atoms with Crippen molar-refractivity contribution < 1.29 is 4.79 Å². The van der Waals surface area contributed by atoms with Crippen molar-refractivity contribution in [2.45, 2.75) is 46.3 Å². The zero-order chi connectivity index (χ0) is 14.4. The number of nitrogens with two attached hydrogens (primary N) is 1. The summed E-state index contributed by atoms with van der Waals surface area (Å²) in [6, 6.07) is 8.29. The Labute approximate surface area is 116 Å². The number of amides is 1. The van der Waals surface area contributed by atoms with Crippen LogP contribution in [0.2, 0.25) is 0 Å². The number of benzene rings is 1. The predicted octanol–water partition coefficient (Wildman–Crippen LogP) is 2.00. The van der Waals surface area contributed by atoms with Crippen LogP contribution in [0.15, 0.2) is 24.3 Å². The van der Waals surface area contributed by atoms with E-state index in [-0.39, 0.29) is 11.9 Å². The van der Waals surface area contributed by atoms with E-state index in [4.69, 9.17) is 5.73 Å². The van der Waals surface area contributed by atoms with Crippen LogP contribution in [0, 0.1) is 0 Å². The molecule has 0 saturated carbocycles. The first-order chi connectivity index (χ1) is 8.88. The molecular formula is C15H25N3O. The molecule has 19 heavy (non-hydrogen) atoms. The van der Waals surface area contributed by atoms with Gasteiger partial charge in [-0.25, -0.2) is 0 Å². The Morgan fingerprint density at radius 2 is 1.79 bits per heavy atom. The highest BCUT2D eigenvalue weighted by atomic mass is 16.2. The highest BCUT2D eigenvalue weighted by molar-refractivity contribution is 5.78. The zero-order valence-electron chi connectivity index (χ0n) is 12.3. The van der Waals surface area contributed by atoms with Crippen molar-refractivity contribution in [1.29, 1.82) is 0 Å². The molecular weight excluding hydrogens is 238 g/mol. The second kappa shape index (κ2) is 7.14. The summed E-state index contributed by atoms with van der Waals surface area (Å²) in [5, 5.41) is 2.92. The molecule has 1 rings (SSSR count). The molecule has 1 aromatic rings. The average Bonchev–Trinajstić information content (AvgIpc) is 2.29. The highest BCUT2D eigenvalue weighted by Gasteiger charge is 2.14. The van der Waals surface area contributed by atoms with Gasteiger partial charge in [-0.05, 0) is 45.4 Å². The second-order valence-corrected chi connectivity index (χ2v) is 5.46. The Morgan fingerprint density at radius 1 is 1.21 bits per heavy atom. The summed E-state index contributed by atoms with van der Waals surface area (Å²) in [4.78, 5) is 14.0. The summed E-state index contributed by atoms with van der Waals surface area (Å²) in [5.74, 6) is 0.0687. The third-order valence-electron chi connectivity index (χ3n) is 2.89. The van der Waals surface area contributed by atoms with Crippen LogP contribution in [0.1, 0.15) is 33.3 Å². The number of carbonyl (C=O) groups is 1. The minimum absolute atomic E-state index is 0.0687. The molecule has 0 heterocycles. The SMILES string of the molecule is CC(C)NC(=O)CN(Cc1ccc(N)cc1)C(C)C. The minimum Gasteiger partial charge on any atom is -0.399 e. The summed E-state index contributed by atoms with van der Waals surface area (Å²) < 4.78 is 0. The first-order valence-electron chi connectivity index (χ1n) is 6.76. The van der Waals surface area contributed by atoms with Gasteiger partial charge in [-0.3, -0.25) is 9.69 Å². The van der Waals surface area contributed by atoms with E-state index in [0.29, 0.717) is 12.6 Å². The molecule has 0 spiro atoms. The lowest BCUT2D eigenvalue weighted by atomic mass is 10.1. The number of nitrogens with zero attached hydrogens (tertiary/aromatic N) is 1. The van der Waals surface area contributed by atoms with Crippen LogP contribution in [-0.2, 0) is 11.3 Å². The van der Waals surface area contributed by atoms with Gasteiger partial charge in [0.1, 0.15) is 0 Å². The number of hydrogen-bond acceptors (Lipinski definition) is 3. The standard InChI is InChI=1S/C15H25N3O/c1-11(2)17-15(19)10-18(12(3)4)9-13-5-7-14(16)8-6-13/h5-8,11-12H,9-10,16H2,1-4H3,(H,17,19). The molecule has 0 saturated heterocycles. The van der Waals surface area contributed by atoms with Crippen molar-refractivity contribution >= 4 is 11.6 Å². The Hall–Kier alpha value is -1.55. The van der Waals surface area contributed by atoms with Crippen LogP contribution in [-0.4, -0.2) is 29.4 Å². The van der Waals surface area contributed by atoms with E-state index in [2.05, 4.69) is 24.1 Å². The van der Waals surface area contributed by atoms with Crippen molar-refractivity contribution in [3.8, 4) is 0 Å². The van der Waals surface area contributed by atoms with Crippen molar-refractivity contribution in [1.82, 2.24) is 10.2 Å². The molecule has 0 bridgehead atoms. The van der Waals surface area contributed by atoms with Gasteiger partial charge in [0.2, 0.25) is 5.91 Å². The molecule has 1 amide bonds. The van der Waals surface area contributed by atoms with Gasteiger partial charge in [0.25, 0.3) is 0 Å². The first-order valence-corrected chi connectivity index (χ1v) is 6.76. The fraction of sp³-hybridized carbons (Fsp3) is 0.533. The quantitative estimate of drug-likeness (QED) is 0.772. The van der Waals surface area contributed by atoms with Gasteiger partial charge < -0.3 is 11.1 Å². The molecule has 106 valence electrons. The molecule has 1 aromatic carbocycles. The largest absolute Gasteiger partial charge is 0.399 e. The van der Waals surface area contributed by atoms with Crippen LogP contribution < -0.4 is 11.1 Å². The lowest BCUT2D eigenvalue weighted by Gasteiger charge is -2.26. The topological polar surface area (TPSA) is 58.4 Å². The molecule has 3 N–H and O–H groups in total. The Morgan fingerprint density at radius 3 is 2.26 bits per heavy atom. The van der Waals surface area contributed by atoms with Crippen LogP contribution in [0.4, 0.5) is 5.69 Å². The highest BCUT2D eigenvalue weighted by Crippen LogP contribution is 2.10. The van der Waals surface area contributed by atoms with E-state index in [9.17, 15) is 4.79 Å². The van der Waals surface area contributed by atoms with Gasteiger partial charge >= 0.3 is 0 Å². The fourth-order valence-corrected chi connectivity index (χ4v) is 1.83. The summed E-state index contributed by atoms with van der Waals surface area (Å²) in [6.45, 7) is 9.30. The maximum atomic E-state index is 11.8. The number of hydrogen-bond donors (Lipinski definition) is 2. The lowest BCUT2D eigenvalue weighted by molar-refractivity contribution is -0.123. The number of rotatable bonds is 6. The number of anilines is 1. The van der Waals surface area contributed by atoms with Crippen molar-refractivity contribution in [2.24, 2.45) is 0 Å². The van der Waals surface area contributed by atoms with Crippen molar-refractivity contribution in [3.63, 3.8) is 0 Å². The van der Waals surface area contributed by atoms with E-state index in [1.165, 1.54) is 5.56 Å². The number of nitrogen functional groups attached to an aromatic ring is 1. The third-order valence-corrected chi connectivity index (χ3v) is 2.89. The van der Waals surface area contributed by atoms with Crippen LogP contribution >= 0.6 is 0 Å². The maximum absolute atomic E-state index is 11.8. The van der Waals surface area contributed by atoms with E-state index in [1.54, 1.807) is 0 Å². The van der Waals surface area contributed by atoms with Crippen molar-refractivity contribution in [3.05, 3.63) is 29.8 Å². The average molecular weight is 263 g/mol. The smallest absolute Gasteiger partial charge is 0.234 e. The molecule has 4 heteroatoms.